The van der Waals surface area contributed by atoms with Crippen LogP contribution in [0.5, 0.6) is 0 Å². The summed E-state index contributed by atoms with van der Waals surface area (Å²) in [6, 6.07) is 56.7. The molecule has 13 rings (SSSR count). The van der Waals surface area contributed by atoms with Crippen molar-refractivity contribution >= 4 is 87.8 Å². The van der Waals surface area contributed by atoms with Gasteiger partial charge in [0.15, 0.2) is 0 Å². The number of hydrogen-bond acceptors (Lipinski definition) is 2. The Morgan fingerprint density at radius 2 is 1.29 bits per heavy atom. The van der Waals surface area contributed by atoms with E-state index in [4.69, 9.17) is 0 Å². The molecule has 2 aliphatic carbocycles. The van der Waals surface area contributed by atoms with Gasteiger partial charge in [-0.25, -0.2) is 0 Å². The third-order valence-corrected chi connectivity index (χ3v) is 15.2. The molecule has 0 bridgehead atoms. The molecule has 2 atom stereocenters. The van der Waals surface area contributed by atoms with Gasteiger partial charge in [0, 0.05) is 75.0 Å². The van der Waals surface area contributed by atoms with Gasteiger partial charge in [0.25, 0.3) is 0 Å². The number of thiophene rings is 1. The second-order valence-electron chi connectivity index (χ2n) is 15.9. The van der Waals surface area contributed by atoms with Crippen molar-refractivity contribution in [2.75, 3.05) is 0 Å². The number of rotatable bonds is 4. The summed E-state index contributed by atoms with van der Waals surface area (Å²) in [6.07, 6.45) is 14.2. The van der Waals surface area contributed by atoms with E-state index >= 15 is 0 Å². The lowest BCUT2D eigenvalue weighted by atomic mass is 9.89. The van der Waals surface area contributed by atoms with Gasteiger partial charge in [-0.2, -0.15) is 0 Å². The van der Waals surface area contributed by atoms with Gasteiger partial charge in [0.05, 0.1) is 16.6 Å². The molecule has 7 aromatic carbocycles. The first kappa shape index (κ1) is 32.7. The Bertz CT molecular complexity index is 3390. The lowest BCUT2D eigenvalue weighted by Crippen LogP contribution is -2.11. The molecule has 2 unspecified atom stereocenters. The van der Waals surface area contributed by atoms with Gasteiger partial charge in [0.1, 0.15) is 0 Å². The average Bonchev–Trinajstić information content (AvgIpc) is 4.03. The molecule has 0 N–H and O–H groups in total. The van der Waals surface area contributed by atoms with Crippen molar-refractivity contribution in [2.45, 2.75) is 28.9 Å². The monoisotopic (exact) mass is 776 g/mol. The van der Waals surface area contributed by atoms with Crippen LogP contribution in [0.25, 0.3) is 92.6 Å². The lowest BCUT2D eigenvalue weighted by molar-refractivity contribution is 0.876. The largest absolute Gasteiger partial charge is 0.310 e. The number of allylic oxidation sites excluding steroid dienone is 4. The minimum Gasteiger partial charge on any atom is -0.310 e. The highest BCUT2D eigenvalue weighted by Gasteiger charge is 2.34. The third-order valence-electron chi connectivity index (χ3n) is 12.7. The van der Waals surface area contributed by atoms with Crippen LogP contribution in [0.3, 0.4) is 0 Å². The summed E-state index contributed by atoms with van der Waals surface area (Å²) in [5, 5.41) is 6.99. The van der Waals surface area contributed by atoms with Crippen molar-refractivity contribution in [1.82, 2.24) is 9.13 Å². The molecule has 58 heavy (non-hydrogen) atoms. The molecule has 274 valence electrons. The zero-order valence-corrected chi connectivity index (χ0v) is 33.2. The number of benzene rings is 7. The van der Waals surface area contributed by atoms with Crippen molar-refractivity contribution < 1.29 is 0 Å². The quantitative estimate of drug-likeness (QED) is 0.173. The molecule has 3 aromatic heterocycles. The maximum Gasteiger partial charge on any atom is 0.0616 e. The SMILES string of the molecule is C1=Cc2c(c3cccc(-c4ccc5c(c4)C4C=C(n6c7ccccc7c7ccccc76)C=CC4S5)c3n2-c2ccc3sc4ccc(-c5ccccc5)cc4c3c2)CC1. The zero-order chi connectivity index (χ0) is 37.9. The number of nitrogens with zero attached hydrogens (tertiary/aromatic N) is 2. The number of fused-ring (bicyclic) bond motifs is 12. The first-order valence-corrected chi connectivity index (χ1v) is 22.0. The van der Waals surface area contributed by atoms with Crippen LogP contribution in [0.4, 0.5) is 0 Å². The van der Waals surface area contributed by atoms with E-state index < -0.39 is 0 Å². The molecule has 10 aromatic rings. The fourth-order valence-electron chi connectivity index (χ4n) is 10.1. The van der Waals surface area contributed by atoms with E-state index in [-0.39, 0.29) is 5.92 Å². The van der Waals surface area contributed by atoms with Crippen LogP contribution in [-0.4, -0.2) is 14.4 Å². The summed E-state index contributed by atoms with van der Waals surface area (Å²) in [6.45, 7) is 0. The molecular formula is C54H36N2S2. The van der Waals surface area contributed by atoms with Crippen LogP contribution < -0.4 is 0 Å². The van der Waals surface area contributed by atoms with E-state index in [1.165, 1.54) is 108 Å². The van der Waals surface area contributed by atoms with Gasteiger partial charge in [-0.15, -0.1) is 23.1 Å². The van der Waals surface area contributed by atoms with E-state index in [9.17, 15) is 0 Å². The summed E-state index contributed by atoms with van der Waals surface area (Å²) in [7, 11) is 0. The van der Waals surface area contributed by atoms with Gasteiger partial charge in [-0.05, 0) is 107 Å². The van der Waals surface area contributed by atoms with Gasteiger partial charge in [-0.1, -0.05) is 115 Å². The highest BCUT2D eigenvalue weighted by Crippen LogP contribution is 2.51. The van der Waals surface area contributed by atoms with Gasteiger partial charge < -0.3 is 9.13 Å². The van der Waals surface area contributed by atoms with Crippen LogP contribution in [0.2, 0.25) is 0 Å². The number of aromatic nitrogens is 2. The topological polar surface area (TPSA) is 9.86 Å². The van der Waals surface area contributed by atoms with Crippen molar-refractivity contribution in [3.8, 4) is 27.9 Å². The average molecular weight is 777 g/mol. The third kappa shape index (κ3) is 4.79. The highest BCUT2D eigenvalue weighted by atomic mass is 32.2. The number of para-hydroxylation sites is 3. The summed E-state index contributed by atoms with van der Waals surface area (Å²) >= 11 is 3.89. The second kappa shape index (κ2) is 12.6. The molecule has 3 aliphatic rings. The van der Waals surface area contributed by atoms with Crippen molar-refractivity contribution in [3.63, 3.8) is 0 Å². The van der Waals surface area contributed by atoms with Gasteiger partial charge in [-0.3, -0.25) is 0 Å². The predicted octanol–water partition coefficient (Wildman–Crippen LogP) is 15.1. The van der Waals surface area contributed by atoms with E-state index in [0.717, 1.165) is 12.8 Å². The molecular weight excluding hydrogens is 741 g/mol. The maximum absolute atomic E-state index is 2.56. The Morgan fingerprint density at radius 3 is 2.14 bits per heavy atom. The van der Waals surface area contributed by atoms with Crippen LogP contribution in [0, 0.1) is 0 Å². The fourth-order valence-corrected chi connectivity index (χ4v) is 12.5. The molecule has 2 nitrogen and oxygen atoms in total. The van der Waals surface area contributed by atoms with E-state index in [1.807, 2.05) is 23.1 Å². The fraction of sp³-hybridized carbons (Fsp3) is 0.0741. The minimum atomic E-state index is 0.289. The summed E-state index contributed by atoms with van der Waals surface area (Å²) in [5.41, 5.74) is 15.6. The molecule has 0 radical (unpaired) electrons. The van der Waals surface area contributed by atoms with Gasteiger partial charge in [0.2, 0.25) is 0 Å². The van der Waals surface area contributed by atoms with Crippen molar-refractivity contribution in [3.05, 3.63) is 193 Å². The Balaban J connectivity index is 0.971. The molecule has 0 spiro atoms. The van der Waals surface area contributed by atoms with Gasteiger partial charge >= 0.3 is 0 Å². The normalized spacial score (nSPS) is 17.1. The lowest BCUT2D eigenvalue weighted by Gasteiger charge is -2.21. The van der Waals surface area contributed by atoms with Crippen LogP contribution in [0.15, 0.2) is 181 Å². The molecule has 4 heterocycles. The second-order valence-corrected chi connectivity index (χ2v) is 18.2. The van der Waals surface area contributed by atoms with Crippen LogP contribution in [-0.2, 0) is 6.42 Å². The first-order valence-electron chi connectivity index (χ1n) is 20.3. The smallest absolute Gasteiger partial charge is 0.0616 e. The van der Waals surface area contributed by atoms with E-state index in [0.29, 0.717) is 5.25 Å². The Hall–Kier alpha value is -6.33. The molecule has 0 fully saturated rings. The van der Waals surface area contributed by atoms with Crippen molar-refractivity contribution in [2.24, 2.45) is 0 Å². The van der Waals surface area contributed by atoms with Crippen LogP contribution in [0.1, 0.15) is 29.2 Å². The molecule has 1 aliphatic heterocycles. The predicted molar refractivity (Wildman–Crippen MR) is 250 cm³/mol. The van der Waals surface area contributed by atoms with E-state index in [2.05, 4.69) is 191 Å². The zero-order valence-electron chi connectivity index (χ0n) is 31.6. The number of thioether (sulfide) groups is 1. The molecule has 0 amide bonds. The van der Waals surface area contributed by atoms with Crippen LogP contribution >= 0.6 is 23.1 Å². The first-order chi connectivity index (χ1) is 28.7. The number of hydrogen-bond donors (Lipinski definition) is 0. The Kier molecular flexibility index (Phi) is 7.10. The summed E-state index contributed by atoms with van der Waals surface area (Å²) in [5.74, 6) is 0.289. The standard InChI is InChI=1S/C54H36N2S2/c1-2-11-33(12-3-1)34-21-25-50-43(29-34)46-32-37(24-28-53(46)57-50)56-49-20-9-6-15-41(49)42-17-10-16-38(54(42)56)35-22-26-51-44(30-35)45-31-36(23-27-52(45)58-51)55-47-18-7-4-13-39(47)40-14-5-8-19-48(40)55/h1-5,7-14,16-32,45,52H,6,15H2. The van der Waals surface area contributed by atoms with Crippen molar-refractivity contribution in [1.29, 1.82) is 0 Å². The Morgan fingerprint density at radius 1 is 0.552 bits per heavy atom. The van der Waals surface area contributed by atoms with E-state index in [1.54, 1.807) is 0 Å². The summed E-state index contributed by atoms with van der Waals surface area (Å²) in [4.78, 5) is 1.39. The highest BCUT2D eigenvalue weighted by molar-refractivity contribution is 8.00. The Labute approximate surface area is 344 Å². The summed E-state index contributed by atoms with van der Waals surface area (Å²) < 4.78 is 7.68. The maximum atomic E-state index is 2.56. The molecule has 0 saturated carbocycles. The minimum absolute atomic E-state index is 0.289. The number of aryl methyl sites for hydroxylation is 1. The molecule has 4 heteroatoms. The molecule has 0 saturated heterocycles.